The molecule has 0 bridgehead atoms. The van der Waals surface area contributed by atoms with E-state index in [0.717, 1.165) is 0 Å². The van der Waals surface area contributed by atoms with Gasteiger partial charge in [0, 0.05) is 6.07 Å². The topological polar surface area (TPSA) is 102 Å². The van der Waals surface area contributed by atoms with Crippen molar-refractivity contribution in [2.45, 2.75) is 19.5 Å². The smallest absolute Gasteiger partial charge is 0.338 e. The zero-order valence-corrected chi connectivity index (χ0v) is 16.6. The molecule has 0 aliphatic carbocycles. The fourth-order valence-corrected chi connectivity index (χ4v) is 3.50. The number of esters is 1. The van der Waals surface area contributed by atoms with Crippen LogP contribution < -0.4 is 16.2 Å². The maximum atomic E-state index is 13.4. The van der Waals surface area contributed by atoms with Crippen LogP contribution >= 0.6 is 0 Å². The molecule has 4 rings (SSSR count). The Kier molecular flexibility index (Phi) is 5.48. The average molecular weight is 422 g/mol. The minimum atomic E-state index is -0.748. The van der Waals surface area contributed by atoms with Crippen molar-refractivity contribution in [2.24, 2.45) is 0 Å². The molecule has 8 nitrogen and oxygen atoms in total. The third-order valence-corrected chi connectivity index (χ3v) is 4.90. The Morgan fingerprint density at radius 1 is 1.19 bits per heavy atom. The van der Waals surface area contributed by atoms with Gasteiger partial charge in [0.05, 0.1) is 47.7 Å². The molecule has 158 valence electrons. The number of fused-ring (bicyclic) bond motifs is 1. The van der Waals surface area contributed by atoms with E-state index in [4.69, 9.17) is 4.74 Å². The van der Waals surface area contributed by atoms with Gasteiger partial charge in [-0.2, -0.15) is 0 Å². The number of ether oxygens (including phenoxy) is 1. The molecule has 0 unspecified atom stereocenters. The first-order chi connectivity index (χ1) is 15.0. The third-order valence-electron chi connectivity index (χ3n) is 4.90. The van der Waals surface area contributed by atoms with Gasteiger partial charge in [-0.1, -0.05) is 30.3 Å². The van der Waals surface area contributed by atoms with Crippen LogP contribution in [-0.2, 0) is 16.1 Å². The van der Waals surface area contributed by atoms with Crippen molar-refractivity contribution < 1.29 is 18.7 Å². The largest absolute Gasteiger partial charge is 0.463 e. The molecule has 0 saturated heterocycles. The van der Waals surface area contributed by atoms with Crippen molar-refractivity contribution in [1.29, 1.82) is 0 Å². The second kappa shape index (κ2) is 8.39. The molecule has 31 heavy (non-hydrogen) atoms. The Labute approximate surface area is 176 Å². The standard InChI is InChI=1S/C22H19FN4O4/c1-2-31-21(29)18-17(25-22(30)26-19(18)13-6-4-3-5-7-13)11-27-12-24-16-10-14(23)8-9-15(16)20(27)28/h3-10,12,19H,2,11H2,1H3,(H2,25,26,30)/t19-/m1/s1. The zero-order chi connectivity index (χ0) is 22.0. The lowest BCUT2D eigenvalue weighted by atomic mass is 9.95. The quantitative estimate of drug-likeness (QED) is 0.615. The van der Waals surface area contributed by atoms with Gasteiger partial charge >= 0.3 is 12.0 Å². The van der Waals surface area contributed by atoms with E-state index in [0.29, 0.717) is 5.56 Å². The van der Waals surface area contributed by atoms with E-state index >= 15 is 0 Å². The van der Waals surface area contributed by atoms with Gasteiger partial charge in [0.25, 0.3) is 5.56 Å². The number of hydrogen-bond donors (Lipinski definition) is 2. The first-order valence-electron chi connectivity index (χ1n) is 9.65. The summed E-state index contributed by atoms with van der Waals surface area (Å²) in [6.45, 7) is 1.71. The van der Waals surface area contributed by atoms with Gasteiger partial charge in [0.2, 0.25) is 0 Å². The van der Waals surface area contributed by atoms with Crippen LogP contribution in [0.3, 0.4) is 0 Å². The van der Waals surface area contributed by atoms with E-state index < -0.39 is 29.4 Å². The van der Waals surface area contributed by atoms with Crippen molar-refractivity contribution in [3.05, 3.63) is 87.9 Å². The fraction of sp³-hybridized carbons (Fsp3) is 0.182. The van der Waals surface area contributed by atoms with Gasteiger partial charge < -0.3 is 15.4 Å². The first-order valence-corrected chi connectivity index (χ1v) is 9.65. The molecule has 2 N–H and O–H groups in total. The highest BCUT2D eigenvalue weighted by Gasteiger charge is 2.33. The fourth-order valence-electron chi connectivity index (χ4n) is 3.50. The molecule has 1 aliphatic heterocycles. The third kappa shape index (κ3) is 4.02. The van der Waals surface area contributed by atoms with Gasteiger partial charge in [0.1, 0.15) is 5.82 Å². The van der Waals surface area contributed by atoms with Crippen LogP contribution in [0.4, 0.5) is 9.18 Å². The first kappa shape index (κ1) is 20.3. The molecular formula is C22H19FN4O4. The van der Waals surface area contributed by atoms with Crippen molar-refractivity contribution in [2.75, 3.05) is 6.61 Å². The van der Waals surface area contributed by atoms with E-state index in [1.165, 1.54) is 29.1 Å². The van der Waals surface area contributed by atoms with Crippen molar-refractivity contribution in [1.82, 2.24) is 20.2 Å². The van der Waals surface area contributed by atoms with E-state index in [2.05, 4.69) is 15.6 Å². The summed E-state index contributed by atoms with van der Waals surface area (Å²) in [6, 6.07) is 11.4. The number of halogens is 1. The molecule has 2 amide bonds. The van der Waals surface area contributed by atoms with Crippen LogP contribution in [0.25, 0.3) is 10.9 Å². The number of urea groups is 1. The van der Waals surface area contributed by atoms with Crippen LogP contribution in [0.2, 0.25) is 0 Å². The summed E-state index contributed by atoms with van der Waals surface area (Å²) in [5.74, 6) is -1.11. The van der Waals surface area contributed by atoms with Gasteiger partial charge in [-0.15, -0.1) is 0 Å². The summed E-state index contributed by atoms with van der Waals surface area (Å²) in [4.78, 5) is 42.2. The summed E-state index contributed by atoms with van der Waals surface area (Å²) in [5.41, 5.74) is 0.902. The second-order valence-corrected chi connectivity index (χ2v) is 6.89. The molecule has 1 aliphatic rings. The lowest BCUT2D eigenvalue weighted by molar-refractivity contribution is -0.139. The van der Waals surface area contributed by atoms with Gasteiger partial charge in [-0.25, -0.2) is 19.0 Å². The van der Waals surface area contributed by atoms with E-state index in [-0.39, 0.29) is 35.3 Å². The van der Waals surface area contributed by atoms with Gasteiger partial charge in [-0.3, -0.25) is 9.36 Å². The number of hydrogen-bond acceptors (Lipinski definition) is 5. The lowest BCUT2D eigenvalue weighted by Crippen LogP contribution is -2.47. The maximum absolute atomic E-state index is 13.4. The summed E-state index contributed by atoms with van der Waals surface area (Å²) in [6.07, 6.45) is 1.26. The number of nitrogens with one attached hydrogen (secondary N) is 2. The summed E-state index contributed by atoms with van der Waals surface area (Å²) in [7, 11) is 0. The molecule has 2 heterocycles. The normalized spacial score (nSPS) is 16.1. The van der Waals surface area contributed by atoms with Gasteiger partial charge in [-0.05, 0) is 24.6 Å². The molecule has 0 fully saturated rings. The Morgan fingerprint density at radius 3 is 2.71 bits per heavy atom. The number of amides is 2. The predicted molar refractivity (Wildman–Crippen MR) is 110 cm³/mol. The molecule has 0 radical (unpaired) electrons. The van der Waals surface area contributed by atoms with Gasteiger partial charge in [0.15, 0.2) is 0 Å². The molecule has 9 heteroatoms. The van der Waals surface area contributed by atoms with E-state index in [1.807, 2.05) is 6.07 Å². The van der Waals surface area contributed by atoms with E-state index in [1.54, 1.807) is 31.2 Å². The minimum absolute atomic E-state index is 0.121. The van der Waals surface area contributed by atoms with Crippen molar-refractivity contribution in [3.8, 4) is 0 Å². The predicted octanol–water partition coefficient (Wildman–Crippen LogP) is 2.41. The number of benzene rings is 2. The SMILES string of the molecule is CCOC(=O)C1=C(Cn2cnc3cc(F)ccc3c2=O)NC(=O)N[C@@H]1c1ccccc1. The minimum Gasteiger partial charge on any atom is -0.463 e. The lowest BCUT2D eigenvalue weighted by Gasteiger charge is -2.29. The van der Waals surface area contributed by atoms with Crippen molar-refractivity contribution in [3.63, 3.8) is 0 Å². The highest BCUT2D eigenvalue weighted by Crippen LogP contribution is 2.28. The molecule has 0 spiro atoms. The van der Waals surface area contributed by atoms with Crippen LogP contribution in [0.1, 0.15) is 18.5 Å². The van der Waals surface area contributed by atoms with E-state index in [9.17, 15) is 18.8 Å². The zero-order valence-electron chi connectivity index (χ0n) is 16.6. The molecular weight excluding hydrogens is 403 g/mol. The highest BCUT2D eigenvalue weighted by atomic mass is 19.1. The van der Waals surface area contributed by atoms with Crippen molar-refractivity contribution >= 4 is 22.9 Å². The Balaban J connectivity index is 1.82. The molecule has 0 saturated carbocycles. The van der Waals surface area contributed by atoms with Crippen LogP contribution in [0, 0.1) is 5.82 Å². The molecule has 2 aromatic carbocycles. The number of carbonyl (C=O) groups is 2. The summed E-state index contributed by atoms with van der Waals surface area (Å²) in [5, 5.41) is 5.58. The molecule has 1 atom stereocenters. The number of carbonyl (C=O) groups excluding carboxylic acids is 2. The number of aromatic nitrogens is 2. The Hall–Kier alpha value is -4.01. The van der Waals surface area contributed by atoms with Crippen LogP contribution in [0.5, 0.6) is 0 Å². The Morgan fingerprint density at radius 2 is 1.97 bits per heavy atom. The summed E-state index contributed by atoms with van der Waals surface area (Å²) < 4.78 is 19.9. The highest BCUT2D eigenvalue weighted by molar-refractivity contribution is 5.95. The van der Waals surface area contributed by atoms with Crippen LogP contribution in [-0.4, -0.2) is 28.2 Å². The Bertz CT molecular complexity index is 1250. The number of allylic oxidation sites excluding steroid dienone is 1. The average Bonchev–Trinajstić information content (AvgIpc) is 2.76. The number of nitrogens with zero attached hydrogens (tertiary/aromatic N) is 2. The maximum Gasteiger partial charge on any atom is 0.338 e. The number of rotatable bonds is 5. The monoisotopic (exact) mass is 422 g/mol. The molecule has 3 aromatic rings. The van der Waals surface area contributed by atoms with Crippen LogP contribution in [0.15, 0.2) is 70.9 Å². The second-order valence-electron chi connectivity index (χ2n) is 6.89. The molecule has 1 aromatic heterocycles. The summed E-state index contributed by atoms with van der Waals surface area (Å²) >= 11 is 0.